The van der Waals surface area contributed by atoms with E-state index in [0.29, 0.717) is 19.7 Å². The Morgan fingerprint density at radius 2 is 2.39 bits per heavy atom. The van der Waals surface area contributed by atoms with E-state index in [-0.39, 0.29) is 0 Å². The molecule has 0 aromatic heterocycles. The summed E-state index contributed by atoms with van der Waals surface area (Å²) in [5, 5.41) is 9.67. The fourth-order valence-electron chi connectivity index (χ4n) is 2.02. The molecule has 5 heteroatoms. The highest BCUT2D eigenvalue weighted by molar-refractivity contribution is 6.31. The number of nitrogens with zero attached hydrogens (tertiary/aromatic N) is 1. The summed E-state index contributed by atoms with van der Waals surface area (Å²) in [4.78, 5) is 12.9. The highest BCUT2D eigenvalue weighted by Gasteiger charge is 2.26. The minimum Gasteiger partial charge on any atom is -0.479 e. The summed E-state index contributed by atoms with van der Waals surface area (Å²) in [6, 6.07) is 5.92. The average molecular weight is 270 g/mol. The standard InChI is InChI=1S/C13H16ClNO3/c1-9-2-3-10(11(14)6-9)7-15-4-5-18-12(8-15)13(16)17/h2-3,6,12H,4-5,7-8H2,1H3,(H,16,17). The average Bonchev–Trinajstić information content (AvgIpc) is 2.33. The van der Waals surface area contributed by atoms with Gasteiger partial charge < -0.3 is 9.84 Å². The summed E-state index contributed by atoms with van der Waals surface area (Å²) in [6.07, 6.45) is -0.733. The molecule has 1 atom stereocenters. The van der Waals surface area contributed by atoms with Crippen molar-refractivity contribution in [1.29, 1.82) is 0 Å². The first kappa shape index (κ1) is 13.3. The van der Waals surface area contributed by atoms with Crippen LogP contribution in [0.2, 0.25) is 5.02 Å². The number of aryl methyl sites for hydroxylation is 1. The topological polar surface area (TPSA) is 49.8 Å². The van der Waals surface area contributed by atoms with Crippen LogP contribution in [0.5, 0.6) is 0 Å². The van der Waals surface area contributed by atoms with Crippen LogP contribution in [-0.4, -0.2) is 41.8 Å². The fraction of sp³-hybridized carbons (Fsp3) is 0.462. The molecular formula is C13H16ClNO3. The molecule has 18 heavy (non-hydrogen) atoms. The summed E-state index contributed by atoms with van der Waals surface area (Å²) in [7, 11) is 0. The van der Waals surface area contributed by atoms with Gasteiger partial charge in [-0.3, -0.25) is 4.90 Å². The van der Waals surface area contributed by atoms with Gasteiger partial charge in [-0.05, 0) is 24.1 Å². The number of benzene rings is 1. The third kappa shape index (κ3) is 3.22. The van der Waals surface area contributed by atoms with E-state index in [2.05, 4.69) is 4.90 Å². The SMILES string of the molecule is Cc1ccc(CN2CCOC(C(=O)O)C2)c(Cl)c1. The van der Waals surface area contributed by atoms with Crippen LogP contribution in [0.15, 0.2) is 18.2 Å². The monoisotopic (exact) mass is 269 g/mol. The molecule has 0 bridgehead atoms. The van der Waals surface area contributed by atoms with Gasteiger partial charge in [0.1, 0.15) is 0 Å². The zero-order valence-corrected chi connectivity index (χ0v) is 11.0. The van der Waals surface area contributed by atoms with Gasteiger partial charge in [0.2, 0.25) is 0 Å². The largest absolute Gasteiger partial charge is 0.479 e. The summed E-state index contributed by atoms with van der Waals surface area (Å²) in [6.45, 7) is 4.23. The van der Waals surface area contributed by atoms with Crippen molar-refractivity contribution in [2.24, 2.45) is 0 Å². The molecule has 1 unspecified atom stereocenters. The first-order valence-electron chi connectivity index (χ1n) is 5.88. The van der Waals surface area contributed by atoms with Crippen molar-refractivity contribution in [1.82, 2.24) is 4.90 Å². The van der Waals surface area contributed by atoms with Crippen LogP contribution in [0.4, 0.5) is 0 Å². The Morgan fingerprint density at radius 3 is 3.06 bits per heavy atom. The Labute approximate surface area is 111 Å². The maximum Gasteiger partial charge on any atom is 0.334 e. The van der Waals surface area contributed by atoms with Gasteiger partial charge >= 0.3 is 5.97 Å². The first-order valence-corrected chi connectivity index (χ1v) is 6.26. The molecule has 1 aromatic carbocycles. The Bertz CT molecular complexity index is 450. The number of morpholine rings is 1. The van der Waals surface area contributed by atoms with Crippen molar-refractivity contribution in [3.63, 3.8) is 0 Å². The predicted molar refractivity (Wildman–Crippen MR) is 68.8 cm³/mol. The number of carbonyl (C=O) groups is 1. The third-order valence-electron chi connectivity index (χ3n) is 3.03. The van der Waals surface area contributed by atoms with E-state index in [1.54, 1.807) is 0 Å². The minimum atomic E-state index is -0.908. The molecule has 1 aliphatic heterocycles. The van der Waals surface area contributed by atoms with Gasteiger partial charge in [-0.1, -0.05) is 23.7 Å². The smallest absolute Gasteiger partial charge is 0.334 e. The van der Waals surface area contributed by atoms with E-state index in [1.165, 1.54) is 0 Å². The second-order valence-electron chi connectivity index (χ2n) is 4.53. The van der Waals surface area contributed by atoms with Crippen LogP contribution in [0.25, 0.3) is 0 Å². The predicted octanol–water partition coefficient (Wildman–Crippen LogP) is 1.93. The lowest BCUT2D eigenvalue weighted by molar-refractivity contribution is -0.156. The van der Waals surface area contributed by atoms with Crippen LogP contribution < -0.4 is 0 Å². The molecule has 0 saturated carbocycles. The van der Waals surface area contributed by atoms with Crippen molar-refractivity contribution in [3.05, 3.63) is 34.3 Å². The van der Waals surface area contributed by atoms with Crippen LogP contribution in [0.1, 0.15) is 11.1 Å². The maximum absolute atomic E-state index is 10.9. The molecule has 1 aliphatic rings. The normalized spacial score (nSPS) is 20.9. The molecule has 98 valence electrons. The van der Waals surface area contributed by atoms with E-state index in [1.807, 2.05) is 25.1 Å². The lowest BCUT2D eigenvalue weighted by Crippen LogP contribution is -2.45. The van der Waals surface area contributed by atoms with Crippen molar-refractivity contribution < 1.29 is 14.6 Å². The van der Waals surface area contributed by atoms with Crippen molar-refractivity contribution in [3.8, 4) is 0 Å². The van der Waals surface area contributed by atoms with Crippen molar-refractivity contribution >= 4 is 17.6 Å². The highest BCUT2D eigenvalue weighted by atomic mass is 35.5. The molecule has 2 rings (SSSR count). The lowest BCUT2D eigenvalue weighted by atomic mass is 10.1. The van der Waals surface area contributed by atoms with Crippen LogP contribution in [0, 0.1) is 6.92 Å². The molecule has 0 radical (unpaired) electrons. The first-order chi connectivity index (χ1) is 8.56. The van der Waals surface area contributed by atoms with E-state index in [9.17, 15) is 4.79 Å². The number of aliphatic carboxylic acids is 1. The maximum atomic E-state index is 10.9. The fourth-order valence-corrected chi connectivity index (χ4v) is 2.31. The number of carboxylic acids is 1. The van der Waals surface area contributed by atoms with Gasteiger partial charge in [-0.15, -0.1) is 0 Å². The third-order valence-corrected chi connectivity index (χ3v) is 3.38. The summed E-state index contributed by atoms with van der Waals surface area (Å²) in [5.74, 6) is -0.908. The summed E-state index contributed by atoms with van der Waals surface area (Å²) in [5.41, 5.74) is 2.14. The van der Waals surface area contributed by atoms with Crippen LogP contribution in [-0.2, 0) is 16.1 Å². The van der Waals surface area contributed by atoms with Gasteiger partial charge in [0.15, 0.2) is 6.10 Å². The molecule has 0 amide bonds. The number of halogens is 1. The molecular weight excluding hydrogens is 254 g/mol. The number of carboxylic acid groups (broad SMARTS) is 1. The Balaban J connectivity index is 2.02. The molecule has 1 fully saturated rings. The Morgan fingerprint density at radius 1 is 1.61 bits per heavy atom. The van der Waals surface area contributed by atoms with Gasteiger partial charge in [0.25, 0.3) is 0 Å². The second kappa shape index (κ2) is 5.69. The molecule has 0 aliphatic carbocycles. The zero-order chi connectivity index (χ0) is 13.1. The minimum absolute atomic E-state index is 0.402. The highest BCUT2D eigenvalue weighted by Crippen LogP contribution is 2.20. The van der Waals surface area contributed by atoms with E-state index in [0.717, 1.165) is 22.7 Å². The van der Waals surface area contributed by atoms with E-state index >= 15 is 0 Å². The quantitative estimate of drug-likeness (QED) is 0.911. The number of ether oxygens (including phenoxy) is 1. The lowest BCUT2D eigenvalue weighted by Gasteiger charge is -2.31. The van der Waals surface area contributed by atoms with Crippen LogP contribution >= 0.6 is 11.6 Å². The zero-order valence-electron chi connectivity index (χ0n) is 10.2. The summed E-state index contributed by atoms with van der Waals surface area (Å²) < 4.78 is 5.18. The van der Waals surface area contributed by atoms with E-state index in [4.69, 9.17) is 21.4 Å². The molecule has 0 spiro atoms. The second-order valence-corrected chi connectivity index (χ2v) is 4.93. The molecule has 1 N–H and O–H groups in total. The van der Waals surface area contributed by atoms with E-state index < -0.39 is 12.1 Å². The van der Waals surface area contributed by atoms with Crippen molar-refractivity contribution in [2.45, 2.75) is 19.6 Å². The number of hydrogen-bond acceptors (Lipinski definition) is 3. The van der Waals surface area contributed by atoms with Crippen molar-refractivity contribution in [2.75, 3.05) is 19.7 Å². The molecule has 1 saturated heterocycles. The number of rotatable bonds is 3. The Hall–Kier alpha value is -1.10. The van der Waals surface area contributed by atoms with Gasteiger partial charge in [0.05, 0.1) is 6.61 Å². The molecule has 1 aromatic rings. The van der Waals surface area contributed by atoms with Gasteiger partial charge in [0, 0.05) is 24.7 Å². The Kier molecular flexibility index (Phi) is 4.22. The molecule has 1 heterocycles. The number of hydrogen-bond donors (Lipinski definition) is 1. The van der Waals surface area contributed by atoms with Gasteiger partial charge in [-0.25, -0.2) is 4.79 Å². The van der Waals surface area contributed by atoms with Crippen LogP contribution in [0.3, 0.4) is 0 Å². The molecule has 4 nitrogen and oxygen atoms in total. The van der Waals surface area contributed by atoms with Gasteiger partial charge in [-0.2, -0.15) is 0 Å². The summed E-state index contributed by atoms with van der Waals surface area (Å²) >= 11 is 6.17.